The summed E-state index contributed by atoms with van der Waals surface area (Å²) in [6, 6.07) is -1.36. The second-order valence-electron chi connectivity index (χ2n) is 2.26. The Morgan fingerprint density at radius 1 is 1.82 bits per heavy atom. The number of amides is 1. The molecule has 11 heavy (non-hydrogen) atoms. The third kappa shape index (κ3) is 1.32. The first-order valence-corrected chi connectivity index (χ1v) is 3.39. The molecule has 5 nitrogen and oxygen atoms in total. The highest BCUT2D eigenvalue weighted by atomic mass is 16.5. The molecule has 2 atom stereocenters. The van der Waals surface area contributed by atoms with E-state index in [2.05, 4.69) is 10.1 Å². The van der Waals surface area contributed by atoms with Gasteiger partial charge in [-0.15, -0.1) is 0 Å². The van der Waals surface area contributed by atoms with Crippen molar-refractivity contribution in [2.24, 2.45) is 5.73 Å². The summed E-state index contributed by atoms with van der Waals surface area (Å²) in [6.07, 6.45) is 0. The van der Waals surface area contributed by atoms with E-state index in [1.807, 2.05) is 0 Å². The van der Waals surface area contributed by atoms with Crippen LogP contribution >= 0.6 is 0 Å². The maximum Gasteiger partial charge on any atom is 0.330 e. The Bertz CT molecular complexity index is 192. The molecule has 62 valence electrons. The molecule has 1 aliphatic heterocycles. The highest BCUT2D eigenvalue weighted by Crippen LogP contribution is 2.04. The van der Waals surface area contributed by atoms with Crippen LogP contribution in [-0.2, 0) is 14.3 Å². The molecule has 1 amide bonds. The fourth-order valence-corrected chi connectivity index (χ4v) is 0.832. The lowest BCUT2D eigenvalue weighted by Crippen LogP contribution is -2.70. The number of ether oxygens (including phenoxy) is 1. The summed E-state index contributed by atoms with van der Waals surface area (Å²) >= 11 is 0. The van der Waals surface area contributed by atoms with E-state index in [1.54, 1.807) is 6.92 Å². The van der Waals surface area contributed by atoms with Crippen LogP contribution < -0.4 is 11.1 Å². The molecule has 0 spiro atoms. The minimum atomic E-state index is -0.728. The molecule has 1 aliphatic rings. The van der Waals surface area contributed by atoms with Crippen molar-refractivity contribution in [3.63, 3.8) is 0 Å². The second-order valence-corrected chi connectivity index (χ2v) is 2.26. The van der Waals surface area contributed by atoms with Crippen molar-refractivity contribution in [3.05, 3.63) is 0 Å². The molecule has 1 fully saturated rings. The van der Waals surface area contributed by atoms with Crippen molar-refractivity contribution >= 4 is 11.9 Å². The van der Waals surface area contributed by atoms with E-state index in [1.165, 1.54) is 0 Å². The topological polar surface area (TPSA) is 81.4 Å². The molecule has 0 aromatic heterocycles. The van der Waals surface area contributed by atoms with Gasteiger partial charge in [0.1, 0.15) is 6.04 Å². The standard InChI is InChI=1S/C6H10N2O3/c1-2-11-6(10)4-3(7)5(9)8-4/h3-4H,2,7H2,1H3,(H,8,9)/t3-,4-/m0/s1. The van der Waals surface area contributed by atoms with Gasteiger partial charge in [-0.1, -0.05) is 0 Å². The zero-order valence-electron chi connectivity index (χ0n) is 6.16. The Morgan fingerprint density at radius 3 is 2.82 bits per heavy atom. The number of nitrogens with two attached hydrogens (primary N) is 1. The molecular weight excluding hydrogens is 148 g/mol. The van der Waals surface area contributed by atoms with E-state index in [0.29, 0.717) is 6.61 Å². The fourth-order valence-electron chi connectivity index (χ4n) is 0.832. The van der Waals surface area contributed by atoms with Crippen LogP contribution in [0, 0.1) is 0 Å². The number of nitrogens with one attached hydrogen (secondary N) is 1. The van der Waals surface area contributed by atoms with Crippen molar-refractivity contribution in [2.45, 2.75) is 19.0 Å². The van der Waals surface area contributed by atoms with E-state index in [0.717, 1.165) is 0 Å². The van der Waals surface area contributed by atoms with Crippen molar-refractivity contribution in [1.82, 2.24) is 5.32 Å². The SMILES string of the molecule is CCOC(=O)[C@H]1NC(=O)[C@H]1N. The van der Waals surface area contributed by atoms with Crippen molar-refractivity contribution in [2.75, 3.05) is 6.61 Å². The molecule has 1 heterocycles. The molecule has 1 saturated heterocycles. The number of β-lactam (4-membered cyclic amide) rings is 1. The van der Waals surface area contributed by atoms with Crippen LogP contribution in [-0.4, -0.2) is 30.6 Å². The van der Waals surface area contributed by atoms with Crippen LogP contribution in [0.15, 0.2) is 0 Å². The molecule has 0 bridgehead atoms. The smallest absolute Gasteiger partial charge is 0.330 e. The molecule has 0 saturated carbocycles. The van der Waals surface area contributed by atoms with Gasteiger partial charge in [-0.3, -0.25) is 4.79 Å². The molecule has 0 radical (unpaired) electrons. The van der Waals surface area contributed by atoms with Gasteiger partial charge in [0.25, 0.3) is 0 Å². The summed E-state index contributed by atoms with van der Waals surface area (Å²) in [6.45, 7) is 2.00. The van der Waals surface area contributed by atoms with Gasteiger partial charge >= 0.3 is 5.97 Å². The van der Waals surface area contributed by atoms with Gasteiger partial charge in [0.15, 0.2) is 6.04 Å². The van der Waals surface area contributed by atoms with Crippen LogP contribution in [0.5, 0.6) is 0 Å². The minimum absolute atomic E-state index is 0.303. The van der Waals surface area contributed by atoms with E-state index in [4.69, 9.17) is 5.73 Å². The Morgan fingerprint density at radius 2 is 2.45 bits per heavy atom. The van der Waals surface area contributed by atoms with Gasteiger partial charge in [-0.25, -0.2) is 4.79 Å². The van der Waals surface area contributed by atoms with Crippen LogP contribution in [0.3, 0.4) is 0 Å². The Balaban J connectivity index is 2.39. The Labute approximate surface area is 63.9 Å². The molecular formula is C6H10N2O3. The van der Waals surface area contributed by atoms with Gasteiger partial charge < -0.3 is 15.8 Å². The minimum Gasteiger partial charge on any atom is -0.464 e. The first kappa shape index (κ1) is 8.00. The lowest BCUT2D eigenvalue weighted by Gasteiger charge is -2.31. The predicted molar refractivity (Wildman–Crippen MR) is 36.5 cm³/mol. The summed E-state index contributed by atoms with van der Waals surface area (Å²) in [5.74, 6) is -0.761. The summed E-state index contributed by atoms with van der Waals surface area (Å²) in [5, 5.41) is 2.34. The quantitative estimate of drug-likeness (QED) is 0.373. The molecule has 0 aromatic carbocycles. The zero-order chi connectivity index (χ0) is 8.43. The Kier molecular flexibility index (Phi) is 2.09. The van der Waals surface area contributed by atoms with E-state index < -0.39 is 18.1 Å². The van der Waals surface area contributed by atoms with Crippen molar-refractivity contribution in [1.29, 1.82) is 0 Å². The van der Waals surface area contributed by atoms with Crippen LogP contribution in [0.25, 0.3) is 0 Å². The third-order valence-electron chi connectivity index (χ3n) is 1.50. The maximum atomic E-state index is 10.9. The highest BCUT2D eigenvalue weighted by molar-refractivity contribution is 5.99. The predicted octanol–water partition coefficient (Wildman–Crippen LogP) is -1.62. The number of rotatable bonds is 2. The average Bonchev–Trinajstić information content (AvgIpc) is 1.99. The fraction of sp³-hybridized carbons (Fsp3) is 0.667. The zero-order valence-corrected chi connectivity index (χ0v) is 6.16. The lowest BCUT2D eigenvalue weighted by atomic mass is 10.0. The monoisotopic (exact) mass is 158 g/mol. The lowest BCUT2D eigenvalue weighted by molar-refractivity contribution is -0.154. The number of carbonyl (C=O) groups excluding carboxylic acids is 2. The van der Waals surface area contributed by atoms with Gasteiger partial charge in [0.05, 0.1) is 6.61 Å². The molecule has 0 unspecified atom stereocenters. The van der Waals surface area contributed by atoms with Gasteiger partial charge in [-0.2, -0.15) is 0 Å². The number of hydrogen-bond acceptors (Lipinski definition) is 4. The largest absolute Gasteiger partial charge is 0.464 e. The molecule has 0 aromatic rings. The van der Waals surface area contributed by atoms with Crippen LogP contribution in [0.2, 0.25) is 0 Å². The number of carbonyl (C=O) groups is 2. The summed E-state index contributed by atoms with van der Waals surface area (Å²) < 4.78 is 4.63. The third-order valence-corrected chi connectivity index (χ3v) is 1.50. The van der Waals surface area contributed by atoms with Gasteiger partial charge in [0.2, 0.25) is 5.91 Å². The molecule has 5 heteroatoms. The summed E-state index contributed by atoms with van der Waals surface area (Å²) in [4.78, 5) is 21.4. The van der Waals surface area contributed by atoms with Crippen LogP contribution in [0.1, 0.15) is 6.92 Å². The van der Waals surface area contributed by atoms with Gasteiger partial charge in [-0.05, 0) is 6.92 Å². The first-order chi connectivity index (χ1) is 5.16. The van der Waals surface area contributed by atoms with Gasteiger partial charge in [0, 0.05) is 0 Å². The molecule has 3 N–H and O–H groups in total. The van der Waals surface area contributed by atoms with Crippen LogP contribution in [0.4, 0.5) is 0 Å². The van der Waals surface area contributed by atoms with E-state index in [9.17, 15) is 9.59 Å². The summed E-state index contributed by atoms with van der Waals surface area (Å²) in [7, 11) is 0. The maximum absolute atomic E-state index is 10.9. The normalized spacial score (nSPS) is 28.7. The molecule has 1 rings (SSSR count). The Hall–Kier alpha value is -1.10. The first-order valence-electron chi connectivity index (χ1n) is 3.39. The van der Waals surface area contributed by atoms with Crippen molar-refractivity contribution < 1.29 is 14.3 Å². The number of hydrogen-bond donors (Lipinski definition) is 2. The van der Waals surface area contributed by atoms with Crippen molar-refractivity contribution in [3.8, 4) is 0 Å². The van der Waals surface area contributed by atoms with E-state index in [-0.39, 0.29) is 5.91 Å². The summed E-state index contributed by atoms with van der Waals surface area (Å²) in [5.41, 5.74) is 5.28. The average molecular weight is 158 g/mol. The second kappa shape index (κ2) is 2.87. The highest BCUT2D eigenvalue weighted by Gasteiger charge is 2.42. The molecule has 0 aliphatic carbocycles. The number of esters is 1. The van der Waals surface area contributed by atoms with E-state index >= 15 is 0 Å².